The van der Waals surface area contributed by atoms with Crippen molar-refractivity contribution in [1.82, 2.24) is 0 Å². The molecule has 1 atom stereocenters. The quantitative estimate of drug-likeness (QED) is 0.793. The number of phenols is 1. The largest absolute Gasteiger partial charge is 0.508 e. The van der Waals surface area contributed by atoms with Crippen molar-refractivity contribution in [2.24, 2.45) is 0 Å². The zero-order valence-electron chi connectivity index (χ0n) is 9.84. The van der Waals surface area contributed by atoms with Crippen molar-refractivity contribution < 1.29 is 9.50 Å². The van der Waals surface area contributed by atoms with Crippen molar-refractivity contribution in [2.45, 2.75) is 46.0 Å². The third-order valence-electron chi connectivity index (χ3n) is 2.91. The first-order valence-electron chi connectivity index (χ1n) is 5.49. The Labute approximate surface area is 90.9 Å². The average molecular weight is 210 g/mol. The average Bonchev–Trinajstić information content (AvgIpc) is 2.19. The highest BCUT2D eigenvalue weighted by Crippen LogP contribution is 2.32. The maximum absolute atomic E-state index is 13.7. The number of halogens is 1. The Balaban J connectivity index is 3.19. The highest BCUT2D eigenvalue weighted by molar-refractivity contribution is 5.40. The van der Waals surface area contributed by atoms with E-state index in [-0.39, 0.29) is 23.4 Å². The van der Waals surface area contributed by atoms with Gasteiger partial charge in [-0.1, -0.05) is 27.7 Å². The van der Waals surface area contributed by atoms with E-state index in [4.69, 9.17) is 0 Å². The Bertz CT molecular complexity index is 345. The van der Waals surface area contributed by atoms with E-state index in [2.05, 4.69) is 0 Å². The minimum absolute atomic E-state index is 0.144. The van der Waals surface area contributed by atoms with Crippen molar-refractivity contribution in [3.63, 3.8) is 0 Å². The van der Waals surface area contributed by atoms with E-state index >= 15 is 0 Å². The Morgan fingerprint density at radius 2 is 1.80 bits per heavy atom. The highest BCUT2D eigenvalue weighted by Gasteiger charge is 2.15. The molecule has 0 aliphatic rings. The van der Waals surface area contributed by atoms with Crippen LogP contribution in [0.15, 0.2) is 12.1 Å². The van der Waals surface area contributed by atoms with Gasteiger partial charge in [0.15, 0.2) is 0 Å². The summed E-state index contributed by atoms with van der Waals surface area (Å²) in [6.07, 6.45) is 0.872. The molecular weight excluding hydrogens is 191 g/mol. The van der Waals surface area contributed by atoms with Crippen LogP contribution in [0.5, 0.6) is 5.75 Å². The molecule has 84 valence electrons. The molecule has 1 aromatic rings. The van der Waals surface area contributed by atoms with E-state index in [9.17, 15) is 9.50 Å². The molecule has 0 aliphatic heterocycles. The van der Waals surface area contributed by atoms with Gasteiger partial charge in [0, 0.05) is 0 Å². The minimum atomic E-state index is -0.203. The number of rotatable bonds is 3. The number of hydrogen-bond donors (Lipinski definition) is 1. The first-order valence-corrected chi connectivity index (χ1v) is 5.49. The molecule has 0 aliphatic carbocycles. The van der Waals surface area contributed by atoms with Crippen LogP contribution in [0.3, 0.4) is 0 Å². The molecular formula is C13H19FO. The van der Waals surface area contributed by atoms with Gasteiger partial charge in [0.25, 0.3) is 0 Å². The lowest BCUT2D eigenvalue weighted by atomic mass is 9.93. The third-order valence-corrected chi connectivity index (χ3v) is 2.91. The van der Waals surface area contributed by atoms with Crippen molar-refractivity contribution in [2.75, 3.05) is 0 Å². The summed E-state index contributed by atoms with van der Waals surface area (Å²) in [7, 11) is 0. The summed E-state index contributed by atoms with van der Waals surface area (Å²) in [5.74, 6) is 0.301. The first-order chi connectivity index (χ1) is 6.97. The predicted molar refractivity (Wildman–Crippen MR) is 60.9 cm³/mol. The van der Waals surface area contributed by atoms with Gasteiger partial charge in [0.05, 0.1) is 0 Å². The maximum Gasteiger partial charge on any atom is 0.127 e. The van der Waals surface area contributed by atoms with Crippen LogP contribution in [0.1, 0.15) is 57.1 Å². The standard InChI is InChI=1S/C13H19FO/c1-5-9(4)11-7-13(15)10(8(2)3)6-12(11)14/h6-9,15H,5H2,1-4H3. The van der Waals surface area contributed by atoms with Crippen molar-refractivity contribution >= 4 is 0 Å². The zero-order valence-corrected chi connectivity index (χ0v) is 9.84. The summed E-state index contributed by atoms with van der Waals surface area (Å²) >= 11 is 0. The van der Waals surface area contributed by atoms with Gasteiger partial charge < -0.3 is 5.11 Å². The third kappa shape index (κ3) is 2.49. The van der Waals surface area contributed by atoms with Crippen molar-refractivity contribution in [3.8, 4) is 5.75 Å². The van der Waals surface area contributed by atoms with Crippen LogP contribution < -0.4 is 0 Å². The van der Waals surface area contributed by atoms with Gasteiger partial charge in [-0.15, -0.1) is 0 Å². The molecule has 1 rings (SSSR count). The lowest BCUT2D eigenvalue weighted by molar-refractivity contribution is 0.458. The Hall–Kier alpha value is -1.05. The highest BCUT2D eigenvalue weighted by atomic mass is 19.1. The molecule has 0 aromatic heterocycles. The van der Waals surface area contributed by atoms with Crippen molar-refractivity contribution in [3.05, 3.63) is 29.1 Å². The van der Waals surface area contributed by atoms with Crippen LogP contribution in [0.2, 0.25) is 0 Å². The fourth-order valence-electron chi connectivity index (χ4n) is 1.65. The molecule has 0 saturated heterocycles. The number of hydrogen-bond acceptors (Lipinski definition) is 1. The second-order valence-electron chi connectivity index (χ2n) is 4.40. The lowest BCUT2D eigenvalue weighted by Crippen LogP contribution is -1.99. The summed E-state index contributed by atoms with van der Waals surface area (Å²) in [6.45, 7) is 7.86. The minimum Gasteiger partial charge on any atom is -0.508 e. The first kappa shape index (κ1) is 12.0. The molecule has 1 aromatic carbocycles. The van der Waals surface area contributed by atoms with E-state index in [1.165, 1.54) is 6.07 Å². The van der Waals surface area contributed by atoms with E-state index in [0.717, 1.165) is 6.42 Å². The molecule has 0 fully saturated rings. The Morgan fingerprint density at radius 3 is 2.27 bits per heavy atom. The number of aromatic hydroxyl groups is 1. The SMILES string of the molecule is CCC(C)c1cc(O)c(C(C)C)cc1F. The van der Waals surface area contributed by atoms with Crippen LogP contribution in [-0.2, 0) is 0 Å². The molecule has 0 radical (unpaired) electrons. The molecule has 1 N–H and O–H groups in total. The van der Waals surface area contributed by atoms with Crippen LogP contribution in [0.4, 0.5) is 4.39 Å². The van der Waals surface area contributed by atoms with Crippen LogP contribution in [-0.4, -0.2) is 5.11 Å². The van der Waals surface area contributed by atoms with Gasteiger partial charge in [0.2, 0.25) is 0 Å². The van der Waals surface area contributed by atoms with Crippen LogP contribution in [0.25, 0.3) is 0 Å². The lowest BCUT2D eigenvalue weighted by Gasteiger charge is -2.15. The molecule has 1 nitrogen and oxygen atoms in total. The predicted octanol–water partition coefficient (Wildman–Crippen LogP) is 4.17. The van der Waals surface area contributed by atoms with E-state index < -0.39 is 0 Å². The second-order valence-corrected chi connectivity index (χ2v) is 4.40. The molecule has 0 saturated carbocycles. The Morgan fingerprint density at radius 1 is 1.20 bits per heavy atom. The number of benzene rings is 1. The van der Waals surface area contributed by atoms with Crippen LogP contribution >= 0.6 is 0 Å². The van der Waals surface area contributed by atoms with Gasteiger partial charge in [-0.2, -0.15) is 0 Å². The topological polar surface area (TPSA) is 20.2 Å². The molecule has 0 amide bonds. The summed E-state index contributed by atoms with van der Waals surface area (Å²) in [5.41, 5.74) is 1.29. The molecule has 15 heavy (non-hydrogen) atoms. The zero-order chi connectivity index (χ0) is 11.6. The van der Waals surface area contributed by atoms with Crippen molar-refractivity contribution in [1.29, 1.82) is 0 Å². The van der Waals surface area contributed by atoms with E-state index in [1.54, 1.807) is 6.07 Å². The summed E-state index contributed by atoms with van der Waals surface area (Å²) in [5, 5.41) is 9.76. The summed E-state index contributed by atoms with van der Waals surface area (Å²) in [4.78, 5) is 0. The Kier molecular flexibility index (Phi) is 3.72. The monoisotopic (exact) mass is 210 g/mol. The molecule has 0 bridgehead atoms. The second kappa shape index (κ2) is 4.65. The normalized spacial score (nSPS) is 13.2. The maximum atomic E-state index is 13.7. The van der Waals surface area contributed by atoms with Gasteiger partial charge >= 0.3 is 0 Å². The van der Waals surface area contributed by atoms with Crippen LogP contribution in [0, 0.1) is 5.82 Å². The molecule has 0 heterocycles. The molecule has 0 spiro atoms. The molecule has 1 unspecified atom stereocenters. The number of phenolic OH excluding ortho intramolecular Hbond substituents is 1. The van der Waals surface area contributed by atoms with Gasteiger partial charge in [-0.25, -0.2) is 4.39 Å². The van der Waals surface area contributed by atoms with E-state index in [1.807, 2.05) is 27.7 Å². The van der Waals surface area contributed by atoms with Gasteiger partial charge in [-0.3, -0.25) is 0 Å². The smallest absolute Gasteiger partial charge is 0.127 e. The summed E-state index contributed by atoms with van der Waals surface area (Å²) < 4.78 is 13.7. The summed E-state index contributed by atoms with van der Waals surface area (Å²) in [6, 6.07) is 3.03. The van der Waals surface area contributed by atoms with E-state index in [0.29, 0.717) is 11.1 Å². The van der Waals surface area contributed by atoms with Gasteiger partial charge in [-0.05, 0) is 41.5 Å². The molecule has 2 heteroatoms. The van der Waals surface area contributed by atoms with Gasteiger partial charge in [0.1, 0.15) is 11.6 Å². The fraction of sp³-hybridized carbons (Fsp3) is 0.538. The fourth-order valence-corrected chi connectivity index (χ4v) is 1.65.